The Labute approximate surface area is 110 Å². The van der Waals surface area contributed by atoms with E-state index in [1.165, 1.54) is 4.90 Å². The molecule has 1 amide bonds. The number of carbonyl (C=O) groups is 1. The second-order valence-electron chi connectivity index (χ2n) is 4.80. The number of hydrogen-bond acceptors (Lipinski definition) is 5. The summed E-state index contributed by atoms with van der Waals surface area (Å²) in [4.78, 5) is 13.9. The summed E-state index contributed by atoms with van der Waals surface area (Å²) in [7, 11) is 0. The number of nitrogens with one attached hydrogen (secondary N) is 1. The lowest BCUT2D eigenvalue weighted by atomic mass is 10.1. The molecule has 0 spiro atoms. The zero-order valence-corrected chi connectivity index (χ0v) is 10.4. The van der Waals surface area contributed by atoms with Gasteiger partial charge in [-0.05, 0) is 12.1 Å². The van der Waals surface area contributed by atoms with E-state index in [1.807, 2.05) is 6.07 Å². The van der Waals surface area contributed by atoms with Gasteiger partial charge in [-0.1, -0.05) is 6.07 Å². The number of ether oxygens (including phenoxy) is 1. The molecule has 2 atom stereocenters. The van der Waals surface area contributed by atoms with E-state index in [1.54, 1.807) is 12.1 Å². The molecule has 1 aromatic carbocycles. The lowest BCUT2D eigenvalue weighted by molar-refractivity contribution is 0.0572. The van der Waals surface area contributed by atoms with E-state index in [0.717, 1.165) is 5.69 Å². The van der Waals surface area contributed by atoms with Crippen LogP contribution in [0.3, 0.4) is 0 Å². The summed E-state index contributed by atoms with van der Waals surface area (Å²) in [6.45, 7) is 1.53. The minimum Gasteiger partial charge on any atom is -0.489 e. The molecule has 0 aliphatic carbocycles. The zero-order valence-electron chi connectivity index (χ0n) is 10.4. The highest BCUT2D eigenvalue weighted by molar-refractivity contribution is 5.99. The number of rotatable bonds is 1. The van der Waals surface area contributed by atoms with Crippen LogP contribution >= 0.6 is 0 Å². The molecular weight excluding hydrogens is 248 g/mol. The smallest absolute Gasteiger partial charge is 0.257 e. The van der Waals surface area contributed by atoms with Crippen molar-refractivity contribution >= 4 is 11.6 Å². The Balaban J connectivity index is 1.88. The van der Waals surface area contributed by atoms with E-state index in [0.29, 0.717) is 24.5 Å². The van der Waals surface area contributed by atoms with E-state index < -0.39 is 12.2 Å². The Bertz CT molecular complexity index is 495. The first kappa shape index (κ1) is 12.3. The van der Waals surface area contributed by atoms with Crippen molar-refractivity contribution in [1.82, 2.24) is 4.90 Å². The number of likely N-dealkylation sites (tertiary alicyclic amines) is 1. The van der Waals surface area contributed by atoms with Gasteiger partial charge in [0.15, 0.2) is 5.75 Å². The van der Waals surface area contributed by atoms with Crippen molar-refractivity contribution in [3.05, 3.63) is 23.8 Å². The van der Waals surface area contributed by atoms with Gasteiger partial charge in [-0.25, -0.2) is 0 Å². The standard InChI is InChI=1S/C13H16N2O4/c16-10-6-15(7-11(10)17)13(18)8-2-1-3-9-12(8)19-5-4-14-9/h1-3,10-11,14,16-17H,4-7H2. The van der Waals surface area contributed by atoms with Gasteiger partial charge in [0.05, 0.1) is 23.5 Å². The van der Waals surface area contributed by atoms with Crippen LogP contribution in [0, 0.1) is 0 Å². The molecule has 2 aliphatic rings. The third-order valence-electron chi connectivity index (χ3n) is 3.46. The predicted octanol–water partition coefficient (Wildman–Crippen LogP) is -0.332. The predicted molar refractivity (Wildman–Crippen MR) is 68.3 cm³/mol. The summed E-state index contributed by atoms with van der Waals surface area (Å²) >= 11 is 0. The lowest BCUT2D eigenvalue weighted by Gasteiger charge is -2.23. The molecular formula is C13H16N2O4. The van der Waals surface area contributed by atoms with Gasteiger partial charge in [0.1, 0.15) is 6.61 Å². The van der Waals surface area contributed by atoms with Gasteiger partial charge in [-0.2, -0.15) is 0 Å². The lowest BCUT2D eigenvalue weighted by Crippen LogP contribution is -2.31. The van der Waals surface area contributed by atoms with Crippen molar-refractivity contribution in [3.8, 4) is 5.75 Å². The first-order chi connectivity index (χ1) is 9.16. The number of carbonyl (C=O) groups excluding carboxylic acids is 1. The van der Waals surface area contributed by atoms with Gasteiger partial charge in [0, 0.05) is 19.6 Å². The molecule has 0 saturated carbocycles. The van der Waals surface area contributed by atoms with Crippen LogP contribution in [0.2, 0.25) is 0 Å². The molecule has 1 aromatic rings. The van der Waals surface area contributed by atoms with Gasteiger partial charge in [-0.3, -0.25) is 4.79 Å². The van der Waals surface area contributed by atoms with Crippen molar-refractivity contribution in [2.75, 3.05) is 31.6 Å². The quantitative estimate of drug-likeness (QED) is 0.647. The fraction of sp³-hybridized carbons (Fsp3) is 0.462. The fourth-order valence-electron chi connectivity index (χ4n) is 2.44. The summed E-state index contributed by atoms with van der Waals surface area (Å²) in [6.07, 6.45) is -1.75. The maximum atomic E-state index is 12.4. The number of anilines is 1. The van der Waals surface area contributed by atoms with E-state index in [2.05, 4.69) is 5.32 Å². The molecule has 0 radical (unpaired) electrons. The summed E-state index contributed by atoms with van der Waals surface area (Å²) in [6, 6.07) is 5.35. The Morgan fingerprint density at radius 1 is 1.32 bits per heavy atom. The number of para-hydroxylation sites is 1. The van der Waals surface area contributed by atoms with Crippen molar-refractivity contribution in [2.45, 2.75) is 12.2 Å². The number of amides is 1. The van der Waals surface area contributed by atoms with E-state index in [4.69, 9.17) is 4.74 Å². The summed E-state index contributed by atoms with van der Waals surface area (Å²) < 4.78 is 5.55. The van der Waals surface area contributed by atoms with Crippen LogP contribution in [0.1, 0.15) is 10.4 Å². The van der Waals surface area contributed by atoms with Gasteiger partial charge in [0.25, 0.3) is 5.91 Å². The molecule has 1 fully saturated rings. The van der Waals surface area contributed by atoms with E-state index in [-0.39, 0.29) is 19.0 Å². The highest BCUT2D eigenvalue weighted by atomic mass is 16.5. The SMILES string of the molecule is O=C(c1cccc2c1OCCN2)N1CC(O)C(O)C1. The normalized spacial score (nSPS) is 25.5. The number of aliphatic hydroxyl groups excluding tert-OH is 2. The fourth-order valence-corrected chi connectivity index (χ4v) is 2.44. The second kappa shape index (κ2) is 4.71. The molecule has 3 N–H and O–H groups in total. The number of hydrogen-bond donors (Lipinski definition) is 3. The van der Waals surface area contributed by atoms with Gasteiger partial charge < -0.3 is 25.2 Å². The minimum atomic E-state index is -0.873. The molecule has 6 heteroatoms. The third-order valence-corrected chi connectivity index (χ3v) is 3.46. The Morgan fingerprint density at radius 3 is 2.79 bits per heavy atom. The molecule has 0 bridgehead atoms. The zero-order chi connectivity index (χ0) is 13.4. The Morgan fingerprint density at radius 2 is 2.05 bits per heavy atom. The second-order valence-corrected chi connectivity index (χ2v) is 4.80. The van der Waals surface area contributed by atoms with Crippen LogP contribution in [-0.4, -0.2) is 59.5 Å². The number of aliphatic hydroxyl groups is 2. The van der Waals surface area contributed by atoms with Crippen molar-refractivity contribution in [2.24, 2.45) is 0 Å². The number of fused-ring (bicyclic) bond motifs is 1. The maximum Gasteiger partial charge on any atom is 0.257 e. The summed E-state index contributed by atoms with van der Waals surface area (Å²) in [5.41, 5.74) is 1.27. The van der Waals surface area contributed by atoms with Crippen molar-refractivity contribution < 1.29 is 19.7 Å². The Kier molecular flexibility index (Phi) is 3.04. The highest BCUT2D eigenvalue weighted by Gasteiger charge is 2.34. The van der Waals surface area contributed by atoms with Crippen molar-refractivity contribution in [3.63, 3.8) is 0 Å². The van der Waals surface area contributed by atoms with Crippen LogP contribution in [0.15, 0.2) is 18.2 Å². The average molecular weight is 264 g/mol. The monoisotopic (exact) mass is 264 g/mol. The molecule has 3 rings (SSSR count). The van der Waals surface area contributed by atoms with Gasteiger partial charge in [0.2, 0.25) is 0 Å². The van der Waals surface area contributed by atoms with Crippen molar-refractivity contribution in [1.29, 1.82) is 0 Å². The topological polar surface area (TPSA) is 82.0 Å². The molecule has 6 nitrogen and oxygen atoms in total. The summed E-state index contributed by atoms with van der Waals surface area (Å²) in [5, 5.41) is 22.2. The van der Waals surface area contributed by atoms with Crippen LogP contribution in [-0.2, 0) is 0 Å². The Hall–Kier alpha value is -1.79. The van der Waals surface area contributed by atoms with Gasteiger partial charge in [-0.15, -0.1) is 0 Å². The molecule has 2 heterocycles. The number of nitrogens with zero attached hydrogens (tertiary/aromatic N) is 1. The van der Waals surface area contributed by atoms with E-state index in [9.17, 15) is 15.0 Å². The van der Waals surface area contributed by atoms with Crippen LogP contribution < -0.4 is 10.1 Å². The minimum absolute atomic E-state index is 0.150. The highest BCUT2D eigenvalue weighted by Crippen LogP contribution is 2.32. The van der Waals surface area contributed by atoms with Crippen LogP contribution in [0.4, 0.5) is 5.69 Å². The molecule has 102 valence electrons. The van der Waals surface area contributed by atoms with Gasteiger partial charge >= 0.3 is 0 Å². The maximum absolute atomic E-state index is 12.4. The third kappa shape index (κ3) is 2.13. The molecule has 1 saturated heterocycles. The molecule has 19 heavy (non-hydrogen) atoms. The van der Waals surface area contributed by atoms with Crippen LogP contribution in [0.25, 0.3) is 0 Å². The number of benzene rings is 1. The summed E-state index contributed by atoms with van der Waals surface area (Å²) in [5.74, 6) is 0.325. The number of β-amino-alcohol motifs (C(OH)–C–C–N with tert-alkyl or cyclic N) is 2. The molecule has 2 unspecified atom stereocenters. The molecule has 0 aromatic heterocycles. The first-order valence-corrected chi connectivity index (χ1v) is 6.32. The van der Waals surface area contributed by atoms with E-state index >= 15 is 0 Å². The largest absolute Gasteiger partial charge is 0.489 e. The molecule has 2 aliphatic heterocycles. The first-order valence-electron chi connectivity index (χ1n) is 6.32. The average Bonchev–Trinajstić information content (AvgIpc) is 2.77. The van der Waals surface area contributed by atoms with Crippen LogP contribution in [0.5, 0.6) is 5.75 Å².